The molecule has 2 aromatic rings. The average Bonchev–Trinajstić information content (AvgIpc) is 2.42. The smallest absolute Gasteiger partial charge is 0.272 e. The lowest BCUT2D eigenvalue weighted by molar-refractivity contribution is -0.385. The highest BCUT2D eigenvalue weighted by Gasteiger charge is 2.14. The van der Waals surface area contributed by atoms with Gasteiger partial charge in [-0.05, 0) is 46.6 Å². The number of hydrogen-bond acceptors (Lipinski definition) is 4. The second-order valence-electron chi connectivity index (χ2n) is 4.45. The molecule has 1 atom stereocenters. The van der Waals surface area contributed by atoms with Gasteiger partial charge in [0.1, 0.15) is 5.75 Å². The van der Waals surface area contributed by atoms with Gasteiger partial charge in [0.05, 0.1) is 15.5 Å². The van der Waals surface area contributed by atoms with E-state index in [2.05, 4.69) is 15.9 Å². The molecule has 0 aromatic heterocycles. The van der Waals surface area contributed by atoms with E-state index in [0.717, 1.165) is 11.6 Å². The van der Waals surface area contributed by atoms with E-state index in [-0.39, 0.29) is 17.5 Å². The van der Waals surface area contributed by atoms with E-state index in [1.54, 1.807) is 18.2 Å². The highest BCUT2D eigenvalue weighted by Crippen LogP contribution is 2.33. The summed E-state index contributed by atoms with van der Waals surface area (Å²) in [4.78, 5) is 9.89. The van der Waals surface area contributed by atoms with Crippen molar-refractivity contribution in [3.8, 4) is 11.5 Å². The second-order valence-corrected chi connectivity index (χ2v) is 5.31. The fourth-order valence-corrected chi connectivity index (χ4v) is 2.17. The molecule has 2 rings (SSSR count). The van der Waals surface area contributed by atoms with Gasteiger partial charge >= 0.3 is 0 Å². The Balaban J connectivity index is 2.28. The number of ether oxygens (including phenoxy) is 1. The molecule has 0 spiro atoms. The van der Waals surface area contributed by atoms with Crippen LogP contribution in [0.25, 0.3) is 0 Å². The summed E-state index contributed by atoms with van der Waals surface area (Å²) in [6.45, 7) is 1.85. The molecule has 0 heterocycles. The summed E-state index contributed by atoms with van der Waals surface area (Å²) >= 11 is 3.32. The van der Waals surface area contributed by atoms with Crippen molar-refractivity contribution in [1.82, 2.24) is 0 Å². The molecule has 7 heteroatoms. The Morgan fingerprint density at radius 2 is 1.95 bits per heavy atom. The van der Waals surface area contributed by atoms with Crippen LogP contribution in [0.3, 0.4) is 0 Å². The number of hydrogen-bond donors (Lipinski definition) is 1. The minimum atomic E-state index is -0.799. The third-order valence-corrected chi connectivity index (χ3v) is 3.45. The third kappa shape index (κ3) is 3.56. The molecule has 110 valence electrons. The van der Waals surface area contributed by atoms with Gasteiger partial charge in [-0.25, -0.2) is 4.39 Å². The summed E-state index contributed by atoms with van der Waals surface area (Å²) in [7, 11) is 0. The lowest BCUT2D eigenvalue weighted by Crippen LogP contribution is -2.04. The molecule has 0 saturated carbocycles. The van der Waals surface area contributed by atoms with E-state index in [1.165, 1.54) is 12.1 Å². The number of halogens is 2. The molecule has 2 aromatic carbocycles. The standard InChI is InChI=1S/C14H12BrFN2O3/c1-8(17)9-2-4-13(11(15)6-9)21-14-5-3-10(18(19)20)7-12(14)16/h2-8H,17H2,1H3/t8-/m0/s1. The highest BCUT2D eigenvalue weighted by atomic mass is 79.9. The van der Waals surface area contributed by atoms with Crippen molar-refractivity contribution >= 4 is 21.6 Å². The van der Waals surface area contributed by atoms with Crippen LogP contribution in [0, 0.1) is 15.9 Å². The zero-order chi connectivity index (χ0) is 15.6. The molecule has 0 aliphatic rings. The van der Waals surface area contributed by atoms with Crippen molar-refractivity contribution in [1.29, 1.82) is 0 Å². The number of nitrogens with zero attached hydrogens (tertiary/aromatic N) is 1. The molecule has 0 unspecified atom stereocenters. The van der Waals surface area contributed by atoms with Gasteiger partial charge in [0.25, 0.3) is 5.69 Å². The number of nitrogens with two attached hydrogens (primary N) is 1. The summed E-state index contributed by atoms with van der Waals surface area (Å²) in [5, 5.41) is 10.6. The number of rotatable bonds is 4. The molecule has 0 aliphatic heterocycles. The predicted molar refractivity (Wildman–Crippen MR) is 79.9 cm³/mol. The molecular weight excluding hydrogens is 343 g/mol. The van der Waals surface area contributed by atoms with Crippen LogP contribution in [0.15, 0.2) is 40.9 Å². The maximum Gasteiger partial charge on any atom is 0.272 e. The van der Waals surface area contributed by atoms with Gasteiger partial charge in [-0.3, -0.25) is 10.1 Å². The topological polar surface area (TPSA) is 78.4 Å². The zero-order valence-corrected chi connectivity index (χ0v) is 12.6. The summed E-state index contributed by atoms with van der Waals surface area (Å²) in [6.07, 6.45) is 0. The first kappa shape index (κ1) is 15.4. The van der Waals surface area contributed by atoms with E-state index >= 15 is 0 Å². The van der Waals surface area contributed by atoms with Crippen molar-refractivity contribution in [2.75, 3.05) is 0 Å². The van der Waals surface area contributed by atoms with E-state index in [9.17, 15) is 14.5 Å². The minimum Gasteiger partial charge on any atom is -0.453 e. The lowest BCUT2D eigenvalue weighted by atomic mass is 10.1. The number of non-ortho nitro benzene ring substituents is 1. The van der Waals surface area contributed by atoms with Gasteiger partial charge in [0.2, 0.25) is 0 Å². The zero-order valence-electron chi connectivity index (χ0n) is 11.0. The van der Waals surface area contributed by atoms with Crippen molar-refractivity contribution in [3.05, 3.63) is 62.4 Å². The first-order valence-electron chi connectivity index (χ1n) is 6.05. The number of nitro groups is 1. The monoisotopic (exact) mass is 354 g/mol. The molecule has 2 N–H and O–H groups in total. The average molecular weight is 355 g/mol. The van der Waals surface area contributed by atoms with Crippen LogP contribution >= 0.6 is 15.9 Å². The summed E-state index contributed by atoms with van der Waals surface area (Å²) < 4.78 is 19.8. The number of nitro benzene ring substituents is 1. The Bertz CT molecular complexity index is 692. The van der Waals surface area contributed by atoms with Crippen molar-refractivity contribution in [2.24, 2.45) is 5.73 Å². The summed E-state index contributed by atoms with van der Waals surface area (Å²) in [5.41, 5.74) is 6.34. The van der Waals surface area contributed by atoms with Crippen LogP contribution in [0.4, 0.5) is 10.1 Å². The predicted octanol–water partition coefficient (Wildman–Crippen LogP) is 4.31. The lowest BCUT2D eigenvalue weighted by Gasteiger charge is -2.11. The molecule has 0 bridgehead atoms. The molecular formula is C14H12BrFN2O3. The van der Waals surface area contributed by atoms with Gasteiger partial charge in [-0.1, -0.05) is 6.07 Å². The van der Waals surface area contributed by atoms with E-state index in [0.29, 0.717) is 10.2 Å². The SMILES string of the molecule is C[C@H](N)c1ccc(Oc2ccc([N+](=O)[O-])cc2F)c(Br)c1. The molecule has 0 fully saturated rings. The Hall–Kier alpha value is -1.99. The Labute approximate surface area is 128 Å². The van der Waals surface area contributed by atoms with Gasteiger partial charge in [0.15, 0.2) is 11.6 Å². The van der Waals surface area contributed by atoms with Crippen molar-refractivity contribution in [3.63, 3.8) is 0 Å². The fraction of sp³-hybridized carbons (Fsp3) is 0.143. The van der Waals surface area contributed by atoms with Crippen LogP contribution in [-0.4, -0.2) is 4.92 Å². The Kier molecular flexibility index (Phi) is 4.54. The van der Waals surface area contributed by atoms with Crippen LogP contribution in [0.5, 0.6) is 11.5 Å². The summed E-state index contributed by atoms with van der Waals surface area (Å²) in [5.74, 6) is -0.491. The molecule has 0 radical (unpaired) electrons. The Morgan fingerprint density at radius 3 is 2.48 bits per heavy atom. The molecule has 0 amide bonds. The van der Waals surface area contributed by atoms with Gasteiger partial charge in [-0.2, -0.15) is 0 Å². The quantitative estimate of drug-likeness (QED) is 0.655. The van der Waals surface area contributed by atoms with E-state index in [1.807, 2.05) is 6.92 Å². The first-order valence-corrected chi connectivity index (χ1v) is 6.84. The molecule has 0 aliphatic carbocycles. The van der Waals surface area contributed by atoms with Crippen LogP contribution < -0.4 is 10.5 Å². The maximum atomic E-state index is 13.8. The van der Waals surface area contributed by atoms with E-state index < -0.39 is 10.7 Å². The second kappa shape index (κ2) is 6.19. The van der Waals surface area contributed by atoms with Crippen molar-refractivity contribution in [2.45, 2.75) is 13.0 Å². The van der Waals surface area contributed by atoms with Gasteiger partial charge in [-0.15, -0.1) is 0 Å². The summed E-state index contributed by atoms with van der Waals surface area (Å²) in [6, 6.07) is 8.30. The minimum absolute atomic E-state index is 0.0881. The normalized spacial score (nSPS) is 12.0. The van der Waals surface area contributed by atoms with Crippen molar-refractivity contribution < 1.29 is 14.1 Å². The van der Waals surface area contributed by atoms with Crippen LogP contribution in [-0.2, 0) is 0 Å². The molecule has 5 nitrogen and oxygen atoms in total. The first-order chi connectivity index (χ1) is 9.88. The molecule has 0 saturated heterocycles. The Morgan fingerprint density at radius 1 is 1.29 bits per heavy atom. The highest BCUT2D eigenvalue weighted by molar-refractivity contribution is 9.10. The number of benzene rings is 2. The third-order valence-electron chi connectivity index (χ3n) is 2.83. The van der Waals surface area contributed by atoms with E-state index in [4.69, 9.17) is 10.5 Å². The van der Waals surface area contributed by atoms with Gasteiger partial charge in [0, 0.05) is 12.1 Å². The van der Waals surface area contributed by atoms with Gasteiger partial charge < -0.3 is 10.5 Å². The molecule has 21 heavy (non-hydrogen) atoms. The fourth-order valence-electron chi connectivity index (χ4n) is 1.69. The largest absolute Gasteiger partial charge is 0.453 e. The van der Waals surface area contributed by atoms with Crippen LogP contribution in [0.2, 0.25) is 0 Å². The maximum absolute atomic E-state index is 13.8. The van der Waals surface area contributed by atoms with Crippen LogP contribution in [0.1, 0.15) is 18.5 Å².